The van der Waals surface area contributed by atoms with Gasteiger partial charge in [0.1, 0.15) is 0 Å². The summed E-state index contributed by atoms with van der Waals surface area (Å²) in [5.74, 6) is -0.735. The summed E-state index contributed by atoms with van der Waals surface area (Å²) in [6.45, 7) is 2.25. The molecule has 4 heteroatoms. The Kier molecular flexibility index (Phi) is 2.24. The maximum Gasteiger partial charge on any atom is 0.314 e. The minimum atomic E-state index is -0.755. The number of hydrogen-bond acceptors (Lipinski definition) is 2. The average molecular weight is 245 g/mol. The summed E-state index contributed by atoms with van der Waals surface area (Å²) in [6.07, 6.45) is 2.25. The van der Waals surface area contributed by atoms with Crippen molar-refractivity contribution in [2.45, 2.75) is 31.6 Å². The van der Waals surface area contributed by atoms with E-state index in [0.717, 1.165) is 23.2 Å². The van der Waals surface area contributed by atoms with E-state index in [9.17, 15) is 14.7 Å². The number of carboxylic acid groups (broad SMARTS) is 1. The Bertz CT molecular complexity index is 546. The van der Waals surface area contributed by atoms with Crippen molar-refractivity contribution in [2.75, 3.05) is 11.4 Å². The molecule has 1 aliphatic heterocycles. The summed E-state index contributed by atoms with van der Waals surface area (Å²) in [5.41, 5.74) is 2.17. The fourth-order valence-electron chi connectivity index (χ4n) is 2.75. The van der Waals surface area contributed by atoms with Crippen LogP contribution in [-0.4, -0.2) is 23.5 Å². The molecule has 0 saturated heterocycles. The zero-order chi connectivity index (χ0) is 12.9. The van der Waals surface area contributed by atoms with Gasteiger partial charge in [-0.1, -0.05) is 12.1 Å². The monoisotopic (exact) mass is 245 g/mol. The highest BCUT2D eigenvalue weighted by molar-refractivity contribution is 5.94. The summed E-state index contributed by atoms with van der Waals surface area (Å²) in [4.78, 5) is 24.6. The van der Waals surface area contributed by atoms with Crippen LogP contribution in [0.4, 0.5) is 5.69 Å². The van der Waals surface area contributed by atoms with Gasteiger partial charge in [-0.25, -0.2) is 0 Å². The van der Waals surface area contributed by atoms with E-state index >= 15 is 0 Å². The maximum absolute atomic E-state index is 11.5. The van der Waals surface area contributed by atoms with Gasteiger partial charge in [-0.05, 0) is 36.5 Å². The van der Waals surface area contributed by atoms with Crippen LogP contribution in [0, 0.1) is 0 Å². The topological polar surface area (TPSA) is 57.6 Å². The number of aliphatic carboxylic acids is 1. The summed E-state index contributed by atoms with van der Waals surface area (Å²) in [7, 11) is 0. The molecule has 0 bridgehead atoms. The highest BCUT2D eigenvalue weighted by atomic mass is 16.4. The molecule has 1 aromatic rings. The molecule has 0 unspecified atom stereocenters. The van der Waals surface area contributed by atoms with Crippen LogP contribution in [0.25, 0.3) is 0 Å². The second-order valence-electron chi connectivity index (χ2n) is 5.15. The first-order valence-corrected chi connectivity index (χ1v) is 6.19. The summed E-state index contributed by atoms with van der Waals surface area (Å²) < 4.78 is 0. The molecule has 18 heavy (non-hydrogen) atoms. The molecule has 0 aromatic heterocycles. The lowest BCUT2D eigenvalue weighted by atomic mass is 9.94. The fraction of sp³-hybridized carbons (Fsp3) is 0.429. The van der Waals surface area contributed by atoms with Gasteiger partial charge in [0.25, 0.3) is 0 Å². The Balaban J connectivity index is 2.04. The molecule has 0 atom stereocenters. The van der Waals surface area contributed by atoms with Crippen LogP contribution in [-0.2, 0) is 21.4 Å². The van der Waals surface area contributed by atoms with Gasteiger partial charge in [0.15, 0.2) is 0 Å². The van der Waals surface area contributed by atoms with Crippen molar-refractivity contribution < 1.29 is 14.7 Å². The van der Waals surface area contributed by atoms with Crippen LogP contribution in [0.15, 0.2) is 18.2 Å². The van der Waals surface area contributed by atoms with Gasteiger partial charge in [0.05, 0.1) is 5.41 Å². The first-order chi connectivity index (χ1) is 8.54. The molecule has 1 aliphatic carbocycles. The molecule has 1 fully saturated rings. The number of hydrogen-bond donors (Lipinski definition) is 1. The van der Waals surface area contributed by atoms with Crippen molar-refractivity contribution in [1.82, 2.24) is 0 Å². The number of nitrogens with zero attached hydrogens (tertiary/aromatic N) is 1. The second-order valence-corrected chi connectivity index (χ2v) is 5.15. The number of rotatable bonds is 2. The van der Waals surface area contributed by atoms with E-state index in [-0.39, 0.29) is 5.91 Å². The maximum atomic E-state index is 11.5. The number of benzene rings is 1. The van der Waals surface area contributed by atoms with Gasteiger partial charge in [-0.3, -0.25) is 9.59 Å². The first-order valence-electron chi connectivity index (χ1n) is 6.19. The number of anilines is 1. The lowest BCUT2D eigenvalue weighted by Gasteiger charge is -2.17. The van der Waals surface area contributed by atoms with Gasteiger partial charge in [-0.15, -0.1) is 0 Å². The molecular formula is C14H15NO3. The minimum Gasteiger partial charge on any atom is -0.481 e. The van der Waals surface area contributed by atoms with E-state index in [4.69, 9.17) is 0 Å². The molecule has 4 nitrogen and oxygen atoms in total. The summed E-state index contributed by atoms with van der Waals surface area (Å²) in [6, 6.07) is 5.77. The van der Waals surface area contributed by atoms with Crippen LogP contribution in [0.3, 0.4) is 0 Å². The number of carboxylic acids is 1. The first kappa shape index (κ1) is 11.3. The van der Waals surface area contributed by atoms with E-state index in [1.165, 1.54) is 0 Å². The molecule has 0 radical (unpaired) electrons. The van der Waals surface area contributed by atoms with E-state index in [0.29, 0.717) is 19.4 Å². The number of amides is 1. The van der Waals surface area contributed by atoms with Gasteiger partial charge in [0.2, 0.25) is 5.91 Å². The lowest BCUT2D eigenvalue weighted by molar-refractivity contribution is -0.140. The zero-order valence-electron chi connectivity index (χ0n) is 10.3. The molecule has 1 aromatic carbocycles. The van der Waals surface area contributed by atoms with E-state index in [1.807, 2.05) is 18.2 Å². The third kappa shape index (κ3) is 1.45. The lowest BCUT2D eigenvalue weighted by Crippen LogP contribution is -2.26. The average Bonchev–Trinajstić information content (AvgIpc) is 3.03. The second kappa shape index (κ2) is 3.57. The fourth-order valence-corrected chi connectivity index (χ4v) is 2.75. The number of carbonyl (C=O) groups is 2. The normalized spacial score (nSPS) is 19.5. The molecule has 1 amide bonds. The van der Waals surface area contributed by atoms with E-state index in [1.54, 1.807) is 11.8 Å². The molecule has 1 heterocycles. The predicted molar refractivity (Wildman–Crippen MR) is 66.7 cm³/mol. The Morgan fingerprint density at radius 3 is 2.61 bits per heavy atom. The van der Waals surface area contributed by atoms with Crippen LogP contribution in [0.2, 0.25) is 0 Å². The summed E-state index contributed by atoms with van der Waals surface area (Å²) >= 11 is 0. The quantitative estimate of drug-likeness (QED) is 0.863. The summed E-state index contributed by atoms with van der Waals surface area (Å²) in [5, 5.41) is 9.30. The van der Waals surface area contributed by atoms with Crippen LogP contribution in [0.5, 0.6) is 0 Å². The van der Waals surface area contributed by atoms with Crippen molar-refractivity contribution >= 4 is 17.6 Å². The molecule has 94 valence electrons. The van der Waals surface area contributed by atoms with Gasteiger partial charge >= 0.3 is 5.97 Å². The largest absolute Gasteiger partial charge is 0.481 e. The number of fused-ring (bicyclic) bond motifs is 1. The standard InChI is InChI=1S/C14H15NO3/c1-9(16)15-7-4-10-2-3-11(8-12(10)15)14(5-6-14)13(17)18/h2-3,8H,4-7H2,1H3,(H,17,18). The Hall–Kier alpha value is -1.84. The molecule has 3 rings (SSSR count). The SMILES string of the molecule is CC(=O)N1CCc2ccc(C3(C(=O)O)CC3)cc21. The Morgan fingerprint density at radius 1 is 1.33 bits per heavy atom. The zero-order valence-corrected chi connectivity index (χ0v) is 10.3. The van der Waals surface area contributed by atoms with Gasteiger partial charge in [0, 0.05) is 19.2 Å². The van der Waals surface area contributed by atoms with Crippen molar-refractivity contribution in [3.8, 4) is 0 Å². The molecule has 0 spiro atoms. The smallest absolute Gasteiger partial charge is 0.314 e. The Morgan fingerprint density at radius 2 is 2.06 bits per heavy atom. The Labute approximate surface area is 105 Å². The van der Waals surface area contributed by atoms with Crippen LogP contribution < -0.4 is 4.90 Å². The molecule has 1 N–H and O–H groups in total. The van der Waals surface area contributed by atoms with Crippen LogP contribution >= 0.6 is 0 Å². The minimum absolute atomic E-state index is 0.0195. The van der Waals surface area contributed by atoms with Gasteiger partial charge < -0.3 is 10.0 Å². The molecule has 2 aliphatic rings. The van der Waals surface area contributed by atoms with E-state index in [2.05, 4.69) is 0 Å². The highest BCUT2D eigenvalue weighted by Crippen LogP contribution is 2.49. The van der Waals surface area contributed by atoms with E-state index < -0.39 is 11.4 Å². The van der Waals surface area contributed by atoms with Crippen molar-refractivity contribution in [3.05, 3.63) is 29.3 Å². The molecule has 1 saturated carbocycles. The highest BCUT2D eigenvalue weighted by Gasteiger charge is 2.52. The van der Waals surface area contributed by atoms with Crippen LogP contribution in [0.1, 0.15) is 30.9 Å². The predicted octanol–water partition coefficient (Wildman–Crippen LogP) is 1.71. The van der Waals surface area contributed by atoms with Crippen molar-refractivity contribution in [1.29, 1.82) is 0 Å². The molecular weight excluding hydrogens is 230 g/mol. The van der Waals surface area contributed by atoms with Gasteiger partial charge in [-0.2, -0.15) is 0 Å². The third-order valence-corrected chi connectivity index (χ3v) is 4.07. The third-order valence-electron chi connectivity index (χ3n) is 4.07. The van der Waals surface area contributed by atoms with Crippen molar-refractivity contribution in [2.24, 2.45) is 0 Å². The van der Waals surface area contributed by atoms with Crippen molar-refractivity contribution in [3.63, 3.8) is 0 Å². The number of carbonyl (C=O) groups excluding carboxylic acids is 1.